The van der Waals surface area contributed by atoms with E-state index in [1.807, 2.05) is 24.3 Å². The lowest BCUT2D eigenvalue weighted by atomic mass is 10.1. The Labute approximate surface area is 202 Å². The Hall–Kier alpha value is -1.15. The maximum atomic E-state index is 12.2. The Balaban J connectivity index is 0.00000480. The number of sulfonamides is 1. The summed E-state index contributed by atoms with van der Waals surface area (Å²) < 4.78 is 43.3. The van der Waals surface area contributed by atoms with Gasteiger partial charge in [0.2, 0.25) is 10.0 Å². The highest BCUT2D eigenvalue weighted by molar-refractivity contribution is 14.0. The van der Waals surface area contributed by atoms with Crippen molar-refractivity contribution in [2.24, 2.45) is 4.99 Å². The van der Waals surface area contributed by atoms with Gasteiger partial charge in [-0.3, -0.25) is 4.99 Å². The van der Waals surface area contributed by atoms with Crippen LogP contribution in [0.3, 0.4) is 0 Å². The number of hydrogen-bond acceptors (Lipinski definition) is 6. The number of benzene rings is 1. The third-order valence-electron chi connectivity index (χ3n) is 4.55. The molecule has 3 N–H and O–H groups in total. The van der Waals surface area contributed by atoms with Gasteiger partial charge in [0.15, 0.2) is 5.96 Å². The van der Waals surface area contributed by atoms with Gasteiger partial charge in [-0.05, 0) is 31.4 Å². The normalized spacial score (nSPS) is 17.0. The summed E-state index contributed by atoms with van der Waals surface area (Å²) in [5.41, 5.74) is 0.794. The van der Waals surface area contributed by atoms with Gasteiger partial charge in [-0.25, -0.2) is 13.1 Å². The molecule has 1 unspecified atom stereocenters. The Morgan fingerprint density at radius 3 is 2.84 bits per heavy atom. The predicted octanol–water partition coefficient (Wildman–Crippen LogP) is 2.20. The van der Waals surface area contributed by atoms with Gasteiger partial charge in [-0.2, -0.15) is 0 Å². The van der Waals surface area contributed by atoms with Gasteiger partial charge >= 0.3 is 0 Å². The third-order valence-corrected chi connectivity index (χ3v) is 5.90. The summed E-state index contributed by atoms with van der Waals surface area (Å²) in [5, 5.41) is 6.16. The van der Waals surface area contributed by atoms with E-state index in [1.54, 1.807) is 14.2 Å². The second kappa shape index (κ2) is 15.6. The standard InChI is InChI=1S/C20H34N4O5S.HI/c1-21-20(24-17-7-5-9-18(15-17)28-13-6-11-27-2)22-10-14-30(25,26)23-16-19-8-3-4-12-29-19;/h5,7,9,15,19,23H,3-4,6,8,10-14,16H2,1-2H3,(H2,21,22,24);1H. The van der Waals surface area contributed by atoms with Gasteiger partial charge in [0, 0.05) is 58.6 Å². The highest BCUT2D eigenvalue weighted by atomic mass is 127. The maximum Gasteiger partial charge on any atom is 0.213 e. The van der Waals surface area contributed by atoms with Gasteiger partial charge in [0.25, 0.3) is 0 Å². The third kappa shape index (κ3) is 11.9. The molecule has 178 valence electrons. The summed E-state index contributed by atoms with van der Waals surface area (Å²) in [5.74, 6) is 1.17. The topological polar surface area (TPSA) is 110 Å². The molecule has 0 aromatic heterocycles. The van der Waals surface area contributed by atoms with E-state index < -0.39 is 10.0 Å². The predicted molar refractivity (Wildman–Crippen MR) is 134 cm³/mol. The van der Waals surface area contributed by atoms with Crippen LogP contribution in [-0.2, 0) is 19.5 Å². The van der Waals surface area contributed by atoms with Crippen LogP contribution in [-0.4, -0.2) is 73.3 Å². The number of rotatable bonds is 12. The van der Waals surface area contributed by atoms with Gasteiger partial charge in [0.05, 0.1) is 18.5 Å². The van der Waals surface area contributed by atoms with Crippen LogP contribution in [0.1, 0.15) is 25.7 Å². The molecule has 0 saturated carbocycles. The van der Waals surface area contributed by atoms with E-state index in [2.05, 4.69) is 20.3 Å². The van der Waals surface area contributed by atoms with E-state index in [1.165, 1.54) is 0 Å². The molecule has 0 bridgehead atoms. The van der Waals surface area contributed by atoms with Crippen LogP contribution in [0.2, 0.25) is 0 Å². The first-order valence-corrected chi connectivity index (χ1v) is 12.0. The second-order valence-electron chi connectivity index (χ2n) is 7.00. The van der Waals surface area contributed by atoms with Gasteiger partial charge < -0.3 is 24.8 Å². The minimum absolute atomic E-state index is 0. The van der Waals surface area contributed by atoms with Gasteiger partial charge in [-0.1, -0.05) is 6.07 Å². The van der Waals surface area contributed by atoms with Gasteiger partial charge in [-0.15, -0.1) is 24.0 Å². The molecule has 31 heavy (non-hydrogen) atoms. The molecule has 1 fully saturated rings. The highest BCUT2D eigenvalue weighted by Gasteiger charge is 2.17. The SMILES string of the molecule is CN=C(NCCS(=O)(=O)NCC1CCCCO1)Nc1cccc(OCCCOC)c1.I. The fourth-order valence-electron chi connectivity index (χ4n) is 2.94. The average Bonchev–Trinajstić information content (AvgIpc) is 2.76. The number of halogens is 1. The summed E-state index contributed by atoms with van der Waals surface area (Å²) in [7, 11) is -0.0901. The van der Waals surface area contributed by atoms with Crippen LogP contribution in [0.25, 0.3) is 0 Å². The molecule has 11 heteroatoms. The van der Waals surface area contributed by atoms with E-state index in [0.29, 0.717) is 32.3 Å². The molecule has 1 aromatic rings. The summed E-state index contributed by atoms with van der Waals surface area (Å²) in [4.78, 5) is 4.14. The lowest BCUT2D eigenvalue weighted by Crippen LogP contribution is -2.40. The zero-order valence-corrected chi connectivity index (χ0v) is 21.4. The first kappa shape index (κ1) is 27.9. The highest BCUT2D eigenvalue weighted by Crippen LogP contribution is 2.17. The number of nitrogens with one attached hydrogen (secondary N) is 3. The van der Waals surface area contributed by atoms with Crippen LogP contribution in [0.5, 0.6) is 5.75 Å². The molecule has 2 rings (SSSR count). The first-order valence-electron chi connectivity index (χ1n) is 10.3. The number of guanidine groups is 1. The van der Waals surface area contributed by atoms with E-state index in [4.69, 9.17) is 14.2 Å². The monoisotopic (exact) mass is 570 g/mol. The summed E-state index contributed by atoms with van der Waals surface area (Å²) >= 11 is 0. The maximum absolute atomic E-state index is 12.2. The van der Waals surface area contributed by atoms with Crippen LogP contribution in [0.4, 0.5) is 5.69 Å². The Kier molecular flexibility index (Phi) is 14.0. The van der Waals surface area contributed by atoms with Crippen molar-refractivity contribution in [3.8, 4) is 5.75 Å². The molecule has 0 spiro atoms. The van der Waals surface area contributed by atoms with Crippen LogP contribution >= 0.6 is 24.0 Å². The van der Waals surface area contributed by atoms with Crippen molar-refractivity contribution in [1.82, 2.24) is 10.0 Å². The molecule has 1 saturated heterocycles. The molecular weight excluding hydrogens is 535 g/mol. The quantitative estimate of drug-likeness (QED) is 0.153. The molecule has 0 radical (unpaired) electrons. The van der Waals surface area contributed by atoms with Crippen molar-refractivity contribution in [2.75, 3.05) is 58.1 Å². The summed E-state index contributed by atoms with van der Waals surface area (Å²) in [6.45, 7) is 2.48. The molecule has 1 aromatic carbocycles. The lowest BCUT2D eigenvalue weighted by molar-refractivity contribution is 0.0200. The molecule has 0 aliphatic carbocycles. The van der Waals surface area contributed by atoms with E-state index in [0.717, 1.165) is 37.1 Å². The number of hydrogen-bond donors (Lipinski definition) is 3. The van der Waals surface area contributed by atoms with E-state index in [9.17, 15) is 8.42 Å². The van der Waals surface area contributed by atoms with Crippen molar-refractivity contribution >= 4 is 45.6 Å². The number of methoxy groups -OCH3 is 1. The van der Waals surface area contributed by atoms with Crippen molar-refractivity contribution in [1.29, 1.82) is 0 Å². The van der Waals surface area contributed by atoms with Crippen molar-refractivity contribution in [3.05, 3.63) is 24.3 Å². The van der Waals surface area contributed by atoms with Crippen molar-refractivity contribution in [3.63, 3.8) is 0 Å². The minimum atomic E-state index is -3.39. The van der Waals surface area contributed by atoms with Crippen LogP contribution < -0.4 is 20.1 Å². The lowest BCUT2D eigenvalue weighted by Gasteiger charge is -2.22. The van der Waals surface area contributed by atoms with E-state index >= 15 is 0 Å². The molecule has 1 aliphatic rings. The molecule has 1 heterocycles. The van der Waals surface area contributed by atoms with Crippen LogP contribution in [0, 0.1) is 0 Å². The number of ether oxygens (including phenoxy) is 3. The second-order valence-corrected chi connectivity index (χ2v) is 8.93. The van der Waals surface area contributed by atoms with Gasteiger partial charge in [0.1, 0.15) is 5.75 Å². The number of anilines is 1. The Bertz CT molecular complexity index is 758. The van der Waals surface area contributed by atoms with E-state index in [-0.39, 0.29) is 42.4 Å². The first-order chi connectivity index (χ1) is 14.5. The molecular formula is C20H35IN4O5S. The fraction of sp³-hybridized carbons (Fsp3) is 0.650. The van der Waals surface area contributed by atoms with Crippen molar-refractivity contribution < 1.29 is 22.6 Å². The summed E-state index contributed by atoms with van der Waals surface area (Å²) in [6, 6.07) is 7.50. The zero-order valence-electron chi connectivity index (χ0n) is 18.3. The molecule has 0 amide bonds. The fourth-order valence-corrected chi connectivity index (χ4v) is 3.89. The minimum Gasteiger partial charge on any atom is -0.493 e. The molecule has 9 nitrogen and oxygen atoms in total. The summed E-state index contributed by atoms with van der Waals surface area (Å²) in [6.07, 6.45) is 3.80. The number of nitrogens with zero attached hydrogens (tertiary/aromatic N) is 1. The Morgan fingerprint density at radius 1 is 1.29 bits per heavy atom. The Morgan fingerprint density at radius 2 is 2.13 bits per heavy atom. The van der Waals surface area contributed by atoms with Crippen molar-refractivity contribution in [2.45, 2.75) is 31.8 Å². The average molecular weight is 570 g/mol. The molecule has 1 atom stereocenters. The number of aliphatic imine (C=N–C) groups is 1. The largest absolute Gasteiger partial charge is 0.493 e. The smallest absolute Gasteiger partial charge is 0.213 e. The van der Waals surface area contributed by atoms with Crippen LogP contribution in [0.15, 0.2) is 29.3 Å². The zero-order chi connectivity index (χ0) is 21.7. The molecule has 1 aliphatic heterocycles.